The first kappa shape index (κ1) is 28.8. The second kappa shape index (κ2) is 11.6. The van der Waals surface area contributed by atoms with Crippen LogP contribution in [0.4, 0.5) is 15.8 Å². The number of amides is 2. The Morgan fingerprint density at radius 3 is 2.37 bits per heavy atom. The second-order valence-electron chi connectivity index (χ2n) is 12.4. The molecule has 3 unspecified atom stereocenters. The highest BCUT2D eigenvalue weighted by Gasteiger charge is 2.40. The van der Waals surface area contributed by atoms with Gasteiger partial charge in [0.2, 0.25) is 5.91 Å². The van der Waals surface area contributed by atoms with Crippen molar-refractivity contribution in [2.75, 3.05) is 29.9 Å². The van der Waals surface area contributed by atoms with Crippen molar-refractivity contribution in [1.82, 2.24) is 4.90 Å². The number of piperidine rings is 1. The van der Waals surface area contributed by atoms with Crippen LogP contribution >= 0.6 is 0 Å². The van der Waals surface area contributed by atoms with Gasteiger partial charge in [-0.05, 0) is 78.6 Å². The zero-order valence-electron chi connectivity index (χ0n) is 24.4. The van der Waals surface area contributed by atoms with Gasteiger partial charge in [-0.1, -0.05) is 57.2 Å². The number of hydrogen-bond acceptors (Lipinski definition) is 4. The molecule has 2 aliphatic heterocycles. The van der Waals surface area contributed by atoms with Crippen LogP contribution in [-0.2, 0) is 10.2 Å². The molecule has 3 atom stereocenters. The molecule has 0 bridgehead atoms. The number of aliphatic hydroxyl groups excluding tert-OH is 1. The Kier molecular flexibility index (Phi) is 8.18. The van der Waals surface area contributed by atoms with Crippen LogP contribution in [0.2, 0.25) is 0 Å². The van der Waals surface area contributed by atoms with Crippen molar-refractivity contribution in [2.45, 2.75) is 64.5 Å². The predicted octanol–water partition coefficient (Wildman–Crippen LogP) is 6.23. The third-order valence-electron chi connectivity index (χ3n) is 8.42. The maximum absolute atomic E-state index is 15.0. The van der Waals surface area contributed by atoms with Crippen molar-refractivity contribution in [2.24, 2.45) is 5.92 Å². The summed E-state index contributed by atoms with van der Waals surface area (Å²) in [5.74, 6) is -1.63. The van der Waals surface area contributed by atoms with Gasteiger partial charge < -0.3 is 20.2 Å². The van der Waals surface area contributed by atoms with Crippen LogP contribution in [0.25, 0.3) is 0 Å². The Morgan fingerprint density at radius 2 is 1.71 bits per heavy atom. The topological polar surface area (TPSA) is 72.9 Å². The molecule has 0 radical (unpaired) electrons. The molecule has 0 saturated carbocycles. The van der Waals surface area contributed by atoms with Crippen molar-refractivity contribution in [3.63, 3.8) is 0 Å². The van der Waals surface area contributed by atoms with Gasteiger partial charge in [0.1, 0.15) is 5.82 Å². The van der Waals surface area contributed by atoms with Crippen LogP contribution in [0.1, 0.15) is 73.1 Å². The Hall–Kier alpha value is -3.71. The number of anilines is 2. The SMILES string of the molecule is Cc1cccc(F)c1C(=O)N1CCCC(C(=O)Nc2cccc(C(C)(C)C)c2)C1c1ccc(N2CCC(O)C2)cc1. The van der Waals surface area contributed by atoms with E-state index in [9.17, 15) is 19.1 Å². The van der Waals surface area contributed by atoms with E-state index in [0.29, 0.717) is 31.5 Å². The van der Waals surface area contributed by atoms with E-state index in [0.717, 1.165) is 35.5 Å². The van der Waals surface area contributed by atoms with Crippen LogP contribution in [0.5, 0.6) is 0 Å². The fourth-order valence-electron chi connectivity index (χ4n) is 6.11. The number of nitrogens with one attached hydrogen (secondary N) is 1. The number of carbonyl (C=O) groups is 2. The standard InChI is InChI=1S/C34H40FN3O3/c1-22-8-5-12-29(35)30(22)33(41)38-18-7-11-28(32(40)36-25-10-6-9-24(20-25)34(2,3)4)31(38)23-13-15-26(16-14-23)37-19-17-27(39)21-37/h5-6,8-10,12-16,20,27-28,31,39H,7,11,17-19,21H2,1-4H3,(H,36,40). The largest absolute Gasteiger partial charge is 0.391 e. The normalized spacial score (nSPS) is 21.2. The van der Waals surface area contributed by atoms with Gasteiger partial charge in [0.25, 0.3) is 5.91 Å². The van der Waals surface area contributed by atoms with E-state index < -0.39 is 23.7 Å². The number of likely N-dealkylation sites (tertiary alicyclic amines) is 1. The van der Waals surface area contributed by atoms with E-state index in [1.54, 1.807) is 24.0 Å². The molecule has 3 aromatic rings. The summed E-state index contributed by atoms with van der Waals surface area (Å²) in [6.45, 7) is 9.92. The Morgan fingerprint density at radius 1 is 0.976 bits per heavy atom. The van der Waals surface area contributed by atoms with E-state index in [1.807, 2.05) is 42.5 Å². The lowest BCUT2D eigenvalue weighted by Gasteiger charge is -2.41. The molecule has 2 heterocycles. The monoisotopic (exact) mass is 557 g/mol. The number of nitrogens with zero attached hydrogens (tertiary/aromatic N) is 2. The van der Waals surface area contributed by atoms with Gasteiger partial charge in [0.15, 0.2) is 0 Å². The molecule has 3 aromatic carbocycles. The predicted molar refractivity (Wildman–Crippen MR) is 161 cm³/mol. The molecule has 2 fully saturated rings. The molecule has 2 aliphatic rings. The molecule has 216 valence electrons. The molecule has 0 aromatic heterocycles. The average Bonchev–Trinajstić information content (AvgIpc) is 3.38. The fourth-order valence-corrected chi connectivity index (χ4v) is 6.11. The maximum Gasteiger partial charge on any atom is 0.257 e. The maximum atomic E-state index is 15.0. The van der Waals surface area contributed by atoms with E-state index in [2.05, 4.69) is 37.1 Å². The first-order chi connectivity index (χ1) is 19.5. The van der Waals surface area contributed by atoms with Crippen LogP contribution in [0.3, 0.4) is 0 Å². The summed E-state index contributed by atoms with van der Waals surface area (Å²) in [6.07, 6.45) is 1.64. The summed E-state index contributed by atoms with van der Waals surface area (Å²) in [4.78, 5) is 31.7. The number of halogens is 1. The molecular weight excluding hydrogens is 517 g/mol. The third kappa shape index (κ3) is 6.15. The quantitative estimate of drug-likeness (QED) is 0.390. The van der Waals surface area contributed by atoms with E-state index in [-0.39, 0.29) is 23.0 Å². The molecule has 0 spiro atoms. The van der Waals surface area contributed by atoms with Gasteiger partial charge in [-0.25, -0.2) is 4.39 Å². The summed E-state index contributed by atoms with van der Waals surface area (Å²) >= 11 is 0. The molecular formula is C34H40FN3O3. The minimum atomic E-state index is -0.556. The second-order valence-corrected chi connectivity index (χ2v) is 12.4. The molecule has 5 rings (SSSR count). The van der Waals surface area contributed by atoms with Crippen molar-refractivity contribution >= 4 is 23.2 Å². The molecule has 2 saturated heterocycles. The van der Waals surface area contributed by atoms with Gasteiger partial charge in [-0.2, -0.15) is 0 Å². The summed E-state index contributed by atoms with van der Waals surface area (Å²) in [6, 6.07) is 19.9. The molecule has 2 N–H and O–H groups in total. The highest BCUT2D eigenvalue weighted by molar-refractivity contribution is 5.98. The summed E-state index contributed by atoms with van der Waals surface area (Å²) < 4.78 is 15.0. The smallest absolute Gasteiger partial charge is 0.257 e. The van der Waals surface area contributed by atoms with Gasteiger partial charge >= 0.3 is 0 Å². The first-order valence-electron chi connectivity index (χ1n) is 14.5. The minimum Gasteiger partial charge on any atom is -0.391 e. The third-order valence-corrected chi connectivity index (χ3v) is 8.42. The zero-order valence-corrected chi connectivity index (χ0v) is 24.4. The molecule has 6 nitrogen and oxygen atoms in total. The van der Waals surface area contributed by atoms with Crippen LogP contribution in [0, 0.1) is 18.7 Å². The number of aryl methyl sites for hydroxylation is 1. The molecule has 41 heavy (non-hydrogen) atoms. The Balaban J connectivity index is 1.49. The van der Waals surface area contributed by atoms with E-state index >= 15 is 0 Å². The first-order valence-corrected chi connectivity index (χ1v) is 14.5. The zero-order chi connectivity index (χ0) is 29.3. The highest BCUT2D eigenvalue weighted by Crippen LogP contribution is 2.39. The van der Waals surface area contributed by atoms with Crippen molar-refractivity contribution < 1.29 is 19.1 Å². The average molecular weight is 558 g/mol. The van der Waals surface area contributed by atoms with Crippen molar-refractivity contribution in [3.05, 3.63) is 94.8 Å². The highest BCUT2D eigenvalue weighted by atomic mass is 19.1. The number of hydrogen-bond donors (Lipinski definition) is 2. The Bertz CT molecular complexity index is 1400. The number of benzene rings is 3. The summed E-state index contributed by atoms with van der Waals surface area (Å²) in [5, 5.41) is 13.1. The van der Waals surface area contributed by atoms with Crippen molar-refractivity contribution in [3.8, 4) is 0 Å². The van der Waals surface area contributed by atoms with Gasteiger partial charge in [-0.3, -0.25) is 9.59 Å². The number of β-amino-alcohol motifs (C(OH)–C–C–N with tert-alkyl or cyclic N) is 1. The van der Waals surface area contributed by atoms with Gasteiger partial charge in [0, 0.05) is 31.0 Å². The Labute approximate surface area is 242 Å². The molecule has 0 aliphatic carbocycles. The summed E-state index contributed by atoms with van der Waals surface area (Å²) in [7, 11) is 0. The fraction of sp³-hybridized carbons (Fsp3) is 0.412. The van der Waals surface area contributed by atoms with Gasteiger partial charge in [-0.15, -0.1) is 0 Å². The van der Waals surface area contributed by atoms with Gasteiger partial charge in [0.05, 0.1) is 23.6 Å². The van der Waals surface area contributed by atoms with Crippen LogP contribution in [0.15, 0.2) is 66.7 Å². The van der Waals surface area contributed by atoms with E-state index in [4.69, 9.17) is 0 Å². The van der Waals surface area contributed by atoms with Crippen LogP contribution in [-0.4, -0.2) is 47.6 Å². The lowest BCUT2D eigenvalue weighted by atomic mass is 9.83. The molecule has 2 amide bonds. The summed E-state index contributed by atoms with van der Waals surface area (Å²) in [5.41, 5.74) is 4.22. The lowest BCUT2D eigenvalue weighted by molar-refractivity contribution is -0.123. The number of aliphatic hydroxyl groups is 1. The van der Waals surface area contributed by atoms with Crippen LogP contribution < -0.4 is 10.2 Å². The number of rotatable bonds is 5. The number of carbonyl (C=O) groups excluding carboxylic acids is 2. The van der Waals surface area contributed by atoms with Crippen molar-refractivity contribution in [1.29, 1.82) is 0 Å². The lowest BCUT2D eigenvalue weighted by Crippen LogP contribution is -2.46. The van der Waals surface area contributed by atoms with E-state index in [1.165, 1.54) is 6.07 Å². The minimum absolute atomic E-state index is 0.0547. The molecule has 7 heteroatoms.